The van der Waals surface area contributed by atoms with E-state index in [-0.39, 0.29) is 5.25 Å². The van der Waals surface area contributed by atoms with Crippen LogP contribution in [0.15, 0.2) is 0 Å². The zero-order valence-electron chi connectivity index (χ0n) is 10.4. The lowest BCUT2D eigenvalue weighted by atomic mass is 10.2. The van der Waals surface area contributed by atoms with Crippen molar-refractivity contribution in [3.05, 3.63) is 0 Å². The average molecular weight is 264 g/mol. The molecule has 0 bridgehead atoms. The van der Waals surface area contributed by atoms with E-state index >= 15 is 0 Å². The second-order valence-electron chi connectivity index (χ2n) is 4.45. The van der Waals surface area contributed by atoms with Crippen LogP contribution >= 0.6 is 0 Å². The van der Waals surface area contributed by atoms with E-state index in [1.54, 1.807) is 0 Å². The molecule has 0 aromatic carbocycles. The van der Waals surface area contributed by atoms with Gasteiger partial charge in [0.15, 0.2) is 0 Å². The minimum Gasteiger partial charge on any atom is -0.381 e. The fourth-order valence-corrected chi connectivity index (χ4v) is 3.42. The minimum absolute atomic E-state index is 0.264. The summed E-state index contributed by atoms with van der Waals surface area (Å²) in [7, 11) is -3.13. The number of rotatable bonds is 8. The third kappa shape index (κ3) is 5.81. The predicted molar refractivity (Wildman–Crippen MR) is 68.3 cm³/mol. The Morgan fingerprint density at radius 1 is 1.12 bits per heavy atom. The highest BCUT2D eigenvalue weighted by atomic mass is 32.2. The van der Waals surface area contributed by atoms with E-state index in [1.807, 2.05) is 0 Å². The standard InChI is InChI=1S/C11H24N2O3S/c12-7-3-1-2-4-8-13-17(14,15)11-5-9-16-10-6-11/h11,13H,1-10,12H2. The van der Waals surface area contributed by atoms with Gasteiger partial charge in [0.1, 0.15) is 0 Å². The van der Waals surface area contributed by atoms with Crippen LogP contribution in [-0.2, 0) is 14.8 Å². The highest BCUT2D eigenvalue weighted by Crippen LogP contribution is 2.14. The summed E-state index contributed by atoms with van der Waals surface area (Å²) in [5, 5.41) is -0.264. The number of unbranched alkanes of at least 4 members (excludes halogenated alkanes) is 3. The van der Waals surface area contributed by atoms with Crippen molar-refractivity contribution in [3.63, 3.8) is 0 Å². The molecule has 5 nitrogen and oxygen atoms in total. The van der Waals surface area contributed by atoms with E-state index in [2.05, 4.69) is 4.72 Å². The Labute approximate surface area is 104 Å². The fraction of sp³-hybridized carbons (Fsp3) is 1.00. The molecule has 0 spiro atoms. The van der Waals surface area contributed by atoms with Gasteiger partial charge in [0.25, 0.3) is 0 Å². The van der Waals surface area contributed by atoms with Crippen LogP contribution in [0, 0.1) is 0 Å². The van der Waals surface area contributed by atoms with Crippen LogP contribution in [0.3, 0.4) is 0 Å². The number of nitrogens with one attached hydrogen (secondary N) is 1. The van der Waals surface area contributed by atoms with Crippen molar-refractivity contribution >= 4 is 10.0 Å². The molecule has 3 N–H and O–H groups in total. The lowest BCUT2D eigenvalue weighted by Crippen LogP contribution is -2.38. The molecule has 6 heteroatoms. The Morgan fingerprint density at radius 3 is 2.41 bits per heavy atom. The number of hydrogen-bond donors (Lipinski definition) is 2. The Morgan fingerprint density at radius 2 is 1.76 bits per heavy atom. The maximum absolute atomic E-state index is 11.9. The van der Waals surface area contributed by atoms with E-state index in [0.717, 1.165) is 25.7 Å². The van der Waals surface area contributed by atoms with E-state index in [1.165, 1.54) is 0 Å². The van der Waals surface area contributed by atoms with Crippen molar-refractivity contribution < 1.29 is 13.2 Å². The van der Waals surface area contributed by atoms with Gasteiger partial charge in [-0.1, -0.05) is 12.8 Å². The van der Waals surface area contributed by atoms with Crippen LogP contribution in [-0.4, -0.2) is 40.0 Å². The summed E-state index contributed by atoms with van der Waals surface area (Å²) in [4.78, 5) is 0. The van der Waals surface area contributed by atoms with Gasteiger partial charge < -0.3 is 10.5 Å². The van der Waals surface area contributed by atoms with Gasteiger partial charge in [0, 0.05) is 19.8 Å². The van der Waals surface area contributed by atoms with Gasteiger partial charge in [-0.25, -0.2) is 13.1 Å². The van der Waals surface area contributed by atoms with Crippen molar-refractivity contribution in [3.8, 4) is 0 Å². The van der Waals surface area contributed by atoms with Crippen molar-refractivity contribution in [1.29, 1.82) is 0 Å². The number of sulfonamides is 1. The highest BCUT2D eigenvalue weighted by Gasteiger charge is 2.26. The Kier molecular flexibility index (Phi) is 7.03. The number of nitrogens with two attached hydrogens (primary N) is 1. The van der Waals surface area contributed by atoms with Gasteiger partial charge in [-0.05, 0) is 32.2 Å². The summed E-state index contributed by atoms with van der Waals surface area (Å²) in [5.74, 6) is 0. The van der Waals surface area contributed by atoms with E-state index in [4.69, 9.17) is 10.5 Å². The number of hydrogen-bond acceptors (Lipinski definition) is 4. The SMILES string of the molecule is NCCCCCCNS(=O)(=O)C1CCOCC1. The fourth-order valence-electron chi connectivity index (χ4n) is 1.94. The normalized spacial score (nSPS) is 18.4. The first kappa shape index (κ1) is 14.9. The maximum atomic E-state index is 11.9. The molecule has 102 valence electrons. The molecular formula is C11H24N2O3S. The zero-order chi connectivity index (χ0) is 12.6. The predicted octanol–water partition coefficient (Wildman–Crippen LogP) is 0.604. The first-order valence-electron chi connectivity index (χ1n) is 6.43. The van der Waals surface area contributed by atoms with Crippen LogP contribution in [0.1, 0.15) is 38.5 Å². The molecule has 0 amide bonds. The van der Waals surface area contributed by atoms with Crippen LogP contribution in [0.5, 0.6) is 0 Å². The molecule has 1 heterocycles. The Hall–Kier alpha value is -0.170. The molecule has 1 aliphatic rings. The summed E-state index contributed by atoms with van der Waals surface area (Å²) in [6.45, 7) is 2.38. The zero-order valence-corrected chi connectivity index (χ0v) is 11.2. The molecule has 0 unspecified atom stereocenters. The summed E-state index contributed by atoms with van der Waals surface area (Å²) >= 11 is 0. The second kappa shape index (κ2) is 8.02. The van der Waals surface area contributed by atoms with Gasteiger partial charge in [-0.2, -0.15) is 0 Å². The van der Waals surface area contributed by atoms with Gasteiger partial charge in [0.2, 0.25) is 10.0 Å². The Bertz CT molecular complexity index is 287. The van der Waals surface area contributed by atoms with E-state index in [9.17, 15) is 8.42 Å². The van der Waals surface area contributed by atoms with E-state index in [0.29, 0.717) is 39.1 Å². The topological polar surface area (TPSA) is 81.4 Å². The van der Waals surface area contributed by atoms with Crippen molar-refractivity contribution in [2.45, 2.75) is 43.8 Å². The second-order valence-corrected chi connectivity index (χ2v) is 6.50. The molecule has 0 atom stereocenters. The summed E-state index contributed by atoms with van der Waals surface area (Å²) in [6, 6.07) is 0. The first-order valence-corrected chi connectivity index (χ1v) is 7.98. The first-order chi connectivity index (χ1) is 8.17. The molecule has 17 heavy (non-hydrogen) atoms. The molecule has 1 fully saturated rings. The molecule has 0 radical (unpaired) electrons. The quantitative estimate of drug-likeness (QED) is 0.629. The van der Waals surface area contributed by atoms with Crippen LogP contribution in [0.4, 0.5) is 0 Å². The average Bonchev–Trinajstić information content (AvgIpc) is 2.35. The molecule has 0 saturated carbocycles. The van der Waals surface area contributed by atoms with Gasteiger partial charge in [0.05, 0.1) is 5.25 Å². The molecule has 0 aromatic rings. The maximum Gasteiger partial charge on any atom is 0.214 e. The lowest BCUT2D eigenvalue weighted by Gasteiger charge is -2.22. The van der Waals surface area contributed by atoms with Crippen molar-refractivity contribution in [1.82, 2.24) is 4.72 Å². The summed E-state index contributed by atoms with van der Waals surface area (Å²) in [5.41, 5.74) is 5.39. The molecule has 1 saturated heterocycles. The molecule has 0 aromatic heterocycles. The molecule has 1 aliphatic heterocycles. The number of ether oxygens (including phenoxy) is 1. The largest absolute Gasteiger partial charge is 0.381 e. The molecular weight excluding hydrogens is 240 g/mol. The third-order valence-electron chi connectivity index (χ3n) is 3.04. The summed E-state index contributed by atoms with van der Waals surface area (Å²) < 4.78 is 31.6. The van der Waals surface area contributed by atoms with Crippen molar-refractivity contribution in [2.24, 2.45) is 5.73 Å². The molecule has 0 aliphatic carbocycles. The highest BCUT2D eigenvalue weighted by molar-refractivity contribution is 7.90. The monoisotopic (exact) mass is 264 g/mol. The van der Waals surface area contributed by atoms with Crippen LogP contribution in [0.2, 0.25) is 0 Å². The van der Waals surface area contributed by atoms with Crippen molar-refractivity contribution in [2.75, 3.05) is 26.3 Å². The minimum atomic E-state index is -3.13. The third-order valence-corrected chi connectivity index (χ3v) is 5.00. The van der Waals surface area contributed by atoms with Gasteiger partial charge >= 0.3 is 0 Å². The molecule has 1 rings (SSSR count). The van der Waals surface area contributed by atoms with Gasteiger partial charge in [-0.3, -0.25) is 0 Å². The lowest BCUT2D eigenvalue weighted by molar-refractivity contribution is 0.0981. The van der Waals surface area contributed by atoms with E-state index < -0.39 is 10.0 Å². The smallest absolute Gasteiger partial charge is 0.214 e. The summed E-state index contributed by atoms with van der Waals surface area (Å²) in [6.07, 6.45) is 5.25. The van der Waals surface area contributed by atoms with Crippen LogP contribution in [0.25, 0.3) is 0 Å². The van der Waals surface area contributed by atoms with Crippen LogP contribution < -0.4 is 10.5 Å². The van der Waals surface area contributed by atoms with Gasteiger partial charge in [-0.15, -0.1) is 0 Å². The Balaban J connectivity index is 2.15.